The summed E-state index contributed by atoms with van der Waals surface area (Å²) in [5.74, 6) is 1.12. The minimum Gasteiger partial charge on any atom is -0.475 e. The van der Waals surface area contributed by atoms with Gasteiger partial charge in [-0.2, -0.15) is 0 Å². The van der Waals surface area contributed by atoms with Crippen LogP contribution in [0.1, 0.15) is 51.6 Å². The van der Waals surface area contributed by atoms with Crippen molar-refractivity contribution >= 4 is 11.6 Å². The molecule has 0 bridgehead atoms. The molecule has 146 valence electrons. The quantitative estimate of drug-likeness (QED) is 0.676. The van der Waals surface area contributed by atoms with E-state index in [1.165, 1.54) is 0 Å². The molecule has 6 heteroatoms. The first-order valence-electron chi connectivity index (χ1n) is 9.55. The number of aryl methyl sites for hydroxylation is 1. The molecule has 0 aliphatic heterocycles. The number of hydrogen-bond donors (Lipinski definition) is 1. The molecule has 2 rings (SSSR count). The summed E-state index contributed by atoms with van der Waals surface area (Å²) < 4.78 is 16.5. The second kappa shape index (κ2) is 9.88. The van der Waals surface area contributed by atoms with Gasteiger partial charge in [-0.1, -0.05) is 13.8 Å². The second-order valence-corrected chi connectivity index (χ2v) is 7.10. The highest BCUT2D eigenvalue weighted by Crippen LogP contribution is 2.36. The van der Waals surface area contributed by atoms with Crippen LogP contribution in [0.5, 0.6) is 5.88 Å². The molecular formula is C20H32N2O4. The molecular weight excluding hydrogens is 332 g/mol. The molecule has 0 unspecified atom stereocenters. The number of nitrogens with zero attached hydrogens (tertiary/aromatic N) is 1. The van der Waals surface area contributed by atoms with E-state index in [-0.39, 0.29) is 5.91 Å². The summed E-state index contributed by atoms with van der Waals surface area (Å²) in [5, 5.41) is 3.03. The molecule has 26 heavy (non-hydrogen) atoms. The van der Waals surface area contributed by atoms with Gasteiger partial charge in [0.2, 0.25) is 5.88 Å². The summed E-state index contributed by atoms with van der Waals surface area (Å²) in [5.41, 5.74) is 0.707. The van der Waals surface area contributed by atoms with Crippen molar-refractivity contribution in [2.24, 2.45) is 5.92 Å². The molecule has 1 aromatic rings. The van der Waals surface area contributed by atoms with Gasteiger partial charge in [0.05, 0.1) is 18.0 Å². The largest absolute Gasteiger partial charge is 0.475 e. The molecule has 1 saturated carbocycles. The first-order chi connectivity index (χ1) is 12.5. The Morgan fingerprint density at radius 3 is 2.62 bits per heavy atom. The highest BCUT2D eigenvalue weighted by Gasteiger charge is 2.42. The van der Waals surface area contributed by atoms with E-state index < -0.39 is 5.60 Å². The fourth-order valence-corrected chi connectivity index (χ4v) is 3.18. The van der Waals surface area contributed by atoms with Crippen LogP contribution in [0.25, 0.3) is 0 Å². The zero-order valence-corrected chi connectivity index (χ0v) is 16.5. The van der Waals surface area contributed by atoms with Crippen LogP contribution in [0.15, 0.2) is 12.1 Å². The van der Waals surface area contributed by atoms with Gasteiger partial charge in [0, 0.05) is 19.8 Å². The molecule has 1 N–H and O–H groups in total. The number of methoxy groups -OCH3 is 1. The van der Waals surface area contributed by atoms with Crippen molar-refractivity contribution in [3.8, 4) is 5.88 Å². The molecule has 0 saturated heterocycles. The summed E-state index contributed by atoms with van der Waals surface area (Å²) in [6.07, 6.45) is 4.47. The Labute approximate surface area is 156 Å². The van der Waals surface area contributed by atoms with E-state index in [1.54, 1.807) is 13.2 Å². The average Bonchev–Trinajstić information content (AvgIpc) is 2.64. The number of carbonyl (C=O) groups excluding carboxylic acids is 1. The third-order valence-electron chi connectivity index (χ3n) is 4.92. The van der Waals surface area contributed by atoms with Crippen LogP contribution in [-0.2, 0) is 14.3 Å². The highest BCUT2D eigenvalue weighted by molar-refractivity contribution is 5.97. The van der Waals surface area contributed by atoms with Gasteiger partial charge in [0.25, 0.3) is 5.91 Å². The highest BCUT2D eigenvalue weighted by atomic mass is 16.5. The van der Waals surface area contributed by atoms with Crippen molar-refractivity contribution < 1.29 is 19.0 Å². The van der Waals surface area contributed by atoms with E-state index in [0.29, 0.717) is 37.3 Å². The molecule has 0 aromatic carbocycles. The van der Waals surface area contributed by atoms with Crippen LogP contribution in [0.4, 0.5) is 5.69 Å². The molecule has 1 fully saturated rings. The minimum absolute atomic E-state index is 0.0594. The maximum atomic E-state index is 13.0. The molecule has 1 aliphatic carbocycles. The smallest absolute Gasteiger partial charge is 0.256 e. The molecule has 0 spiro atoms. The van der Waals surface area contributed by atoms with Crippen LogP contribution in [0.2, 0.25) is 0 Å². The third-order valence-corrected chi connectivity index (χ3v) is 4.92. The number of rotatable bonds is 9. The number of nitrogens with one attached hydrogen (secondary N) is 1. The summed E-state index contributed by atoms with van der Waals surface area (Å²) in [6.45, 7) is 7.72. The molecule has 1 aliphatic rings. The number of amides is 1. The van der Waals surface area contributed by atoms with Crippen molar-refractivity contribution in [3.63, 3.8) is 0 Å². The van der Waals surface area contributed by atoms with Crippen molar-refractivity contribution in [1.82, 2.24) is 4.98 Å². The molecule has 0 radical (unpaired) electrons. The number of carbonyl (C=O) groups is 1. The lowest BCUT2D eigenvalue weighted by atomic mass is 9.78. The van der Waals surface area contributed by atoms with Crippen LogP contribution in [-0.4, -0.2) is 43.4 Å². The Bertz CT molecular complexity index is 578. The summed E-state index contributed by atoms with van der Waals surface area (Å²) >= 11 is 0. The summed E-state index contributed by atoms with van der Waals surface area (Å²) in [4.78, 5) is 17.4. The lowest BCUT2D eigenvalue weighted by molar-refractivity contribution is -0.147. The number of pyridine rings is 1. The standard InChI is InChI=1S/C20H32N2O4/c1-5-12-26-20(10-8-15(2)9-11-20)19(23)22-17-6-7-18(21-16(17)3)25-14-13-24-4/h6-7,15H,5,8-14H2,1-4H3,(H,22,23). The predicted octanol–water partition coefficient (Wildman–Crippen LogP) is 3.73. The zero-order chi connectivity index (χ0) is 19.0. The van der Waals surface area contributed by atoms with E-state index in [1.807, 2.05) is 13.0 Å². The first-order valence-corrected chi connectivity index (χ1v) is 9.55. The maximum absolute atomic E-state index is 13.0. The zero-order valence-electron chi connectivity index (χ0n) is 16.5. The first kappa shape index (κ1) is 20.6. The van der Waals surface area contributed by atoms with E-state index >= 15 is 0 Å². The van der Waals surface area contributed by atoms with Gasteiger partial charge in [-0.05, 0) is 51.0 Å². The lowest BCUT2D eigenvalue weighted by Crippen LogP contribution is -2.48. The fourth-order valence-electron chi connectivity index (χ4n) is 3.18. The van der Waals surface area contributed by atoms with Crippen LogP contribution < -0.4 is 10.1 Å². The normalized spacial score (nSPS) is 22.8. The third kappa shape index (κ3) is 5.42. The lowest BCUT2D eigenvalue weighted by Gasteiger charge is -2.38. The molecule has 0 atom stereocenters. The van der Waals surface area contributed by atoms with Crippen molar-refractivity contribution in [1.29, 1.82) is 0 Å². The van der Waals surface area contributed by atoms with Gasteiger partial charge >= 0.3 is 0 Å². The minimum atomic E-state index is -0.720. The Morgan fingerprint density at radius 2 is 2.00 bits per heavy atom. The Kier molecular flexibility index (Phi) is 7.85. The molecule has 1 amide bonds. The average molecular weight is 364 g/mol. The summed E-state index contributed by atoms with van der Waals surface area (Å²) in [6, 6.07) is 3.60. The van der Waals surface area contributed by atoms with E-state index in [4.69, 9.17) is 14.2 Å². The number of aromatic nitrogens is 1. The Hall–Kier alpha value is -1.66. The van der Waals surface area contributed by atoms with E-state index in [2.05, 4.69) is 24.1 Å². The van der Waals surface area contributed by atoms with Crippen LogP contribution >= 0.6 is 0 Å². The Balaban J connectivity index is 2.06. The van der Waals surface area contributed by atoms with Gasteiger partial charge in [-0.15, -0.1) is 0 Å². The molecule has 6 nitrogen and oxygen atoms in total. The van der Waals surface area contributed by atoms with E-state index in [0.717, 1.165) is 37.8 Å². The van der Waals surface area contributed by atoms with Crippen molar-refractivity contribution in [3.05, 3.63) is 17.8 Å². The SMILES string of the molecule is CCCOC1(C(=O)Nc2ccc(OCCOC)nc2C)CCC(C)CC1. The molecule has 1 aromatic heterocycles. The van der Waals surface area contributed by atoms with Gasteiger partial charge in [-0.25, -0.2) is 4.98 Å². The van der Waals surface area contributed by atoms with Crippen LogP contribution in [0.3, 0.4) is 0 Å². The number of ether oxygens (including phenoxy) is 3. The van der Waals surface area contributed by atoms with Crippen LogP contribution in [0, 0.1) is 12.8 Å². The van der Waals surface area contributed by atoms with Gasteiger partial charge in [0.1, 0.15) is 12.2 Å². The van der Waals surface area contributed by atoms with Gasteiger partial charge < -0.3 is 19.5 Å². The van der Waals surface area contributed by atoms with Gasteiger partial charge in [0.15, 0.2) is 0 Å². The fraction of sp³-hybridized carbons (Fsp3) is 0.700. The predicted molar refractivity (Wildman–Crippen MR) is 102 cm³/mol. The Morgan fingerprint density at radius 1 is 1.27 bits per heavy atom. The van der Waals surface area contributed by atoms with Crippen molar-refractivity contribution in [2.45, 2.75) is 58.5 Å². The maximum Gasteiger partial charge on any atom is 0.256 e. The van der Waals surface area contributed by atoms with Crippen molar-refractivity contribution in [2.75, 3.05) is 32.2 Å². The van der Waals surface area contributed by atoms with E-state index in [9.17, 15) is 4.79 Å². The number of hydrogen-bond acceptors (Lipinski definition) is 5. The summed E-state index contributed by atoms with van der Waals surface area (Å²) in [7, 11) is 1.63. The monoisotopic (exact) mass is 364 g/mol. The van der Waals surface area contributed by atoms with Gasteiger partial charge in [-0.3, -0.25) is 4.79 Å². The number of anilines is 1. The topological polar surface area (TPSA) is 69.7 Å². The second-order valence-electron chi connectivity index (χ2n) is 7.10. The molecule has 1 heterocycles.